The van der Waals surface area contributed by atoms with Crippen molar-refractivity contribution < 1.29 is 0 Å². The largest absolute Gasteiger partial charge is 0.310 e. The standard InChI is InChI=1S/C65H48N2/c1-65(2)61-32-16-15-31-59(61)60-38-36-50(43-62(60)65)49-35-37-58-51(39-49)33-34-52-42-57(66(53-25-11-5-12-26-53)55-29-17-23-47(40-55)45-19-7-3-8-20-45)44-63(64(52)58)67(54-27-13-6-14-28-54)56-30-18-24-48(41-56)46-21-9-4-10-22-46/h3-44H,1-2H3. The van der Waals surface area contributed by atoms with Gasteiger partial charge in [-0.3, -0.25) is 0 Å². The fourth-order valence-corrected chi connectivity index (χ4v) is 10.5. The summed E-state index contributed by atoms with van der Waals surface area (Å²) in [5.41, 5.74) is 19.0. The van der Waals surface area contributed by atoms with Gasteiger partial charge in [0.1, 0.15) is 0 Å². The summed E-state index contributed by atoms with van der Waals surface area (Å²) in [7, 11) is 0. The molecule has 0 radical (unpaired) electrons. The Hall–Kier alpha value is -8.46. The van der Waals surface area contributed by atoms with Gasteiger partial charge in [0, 0.05) is 39.2 Å². The fourth-order valence-electron chi connectivity index (χ4n) is 10.5. The van der Waals surface area contributed by atoms with Crippen LogP contribution >= 0.6 is 0 Å². The van der Waals surface area contributed by atoms with Crippen LogP contribution in [0, 0.1) is 0 Å². The van der Waals surface area contributed by atoms with E-state index in [4.69, 9.17) is 0 Å². The van der Waals surface area contributed by atoms with Crippen molar-refractivity contribution in [2.24, 2.45) is 0 Å². The van der Waals surface area contributed by atoms with Crippen molar-refractivity contribution >= 4 is 55.7 Å². The third-order valence-corrected chi connectivity index (χ3v) is 13.8. The lowest BCUT2D eigenvalue weighted by Gasteiger charge is -2.31. The molecule has 2 heteroatoms. The van der Waals surface area contributed by atoms with E-state index in [9.17, 15) is 0 Å². The van der Waals surface area contributed by atoms with E-state index in [-0.39, 0.29) is 5.41 Å². The molecule has 0 spiro atoms. The molecule has 0 bridgehead atoms. The highest BCUT2D eigenvalue weighted by Gasteiger charge is 2.35. The number of anilines is 6. The van der Waals surface area contributed by atoms with Gasteiger partial charge in [0.2, 0.25) is 0 Å². The van der Waals surface area contributed by atoms with Crippen molar-refractivity contribution in [2.75, 3.05) is 9.80 Å². The van der Waals surface area contributed by atoms with Gasteiger partial charge < -0.3 is 9.80 Å². The zero-order valence-electron chi connectivity index (χ0n) is 37.6. The van der Waals surface area contributed by atoms with E-state index < -0.39 is 0 Å². The molecule has 0 unspecified atom stereocenters. The lowest BCUT2D eigenvalue weighted by molar-refractivity contribution is 0.660. The van der Waals surface area contributed by atoms with Gasteiger partial charge in [0.05, 0.1) is 5.69 Å². The summed E-state index contributed by atoms with van der Waals surface area (Å²) < 4.78 is 0. The van der Waals surface area contributed by atoms with E-state index in [0.29, 0.717) is 0 Å². The molecule has 11 aromatic carbocycles. The van der Waals surface area contributed by atoms with Gasteiger partial charge in [0.25, 0.3) is 0 Å². The van der Waals surface area contributed by atoms with Crippen LogP contribution in [-0.2, 0) is 5.41 Å². The van der Waals surface area contributed by atoms with Gasteiger partial charge in [-0.05, 0) is 145 Å². The Bertz CT molecular complexity index is 3600. The van der Waals surface area contributed by atoms with Crippen LogP contribution < -0.4 is 9.80 Å². The number of hydrogen-bond donors (Lipinski definition) is 0. The molecule has 0 fully saturated rings. The van der Waals surface area contributed by atoms with Crippen LogP contribution in [-0.4, -0.2) is 0 Å². The molecule has 67 heavy (non-hydrogen) atoms. The molecule has 11 aromatic rings. The second-order valence-corrected chi connectivity index (χ2v) is 18.2. The summed E-state index contributed by atoms with van der Waals surface area (Å²) in [6.07, 6.45) is 0. The van der Waals surface area contributed by atoms with Crippen molar-refractivity contribution in [1.29, 1.82) is 0 Å². The monoisotopic (exact) mass is 856 g/mol. The van der Waals surface area contributed by atoms with Crippen LogP contribution in [0.15, 0.2) is 255 Å². The average Bonchev–Trinajstić information content (AvgIpc) is 3.62. The number of benzene rings is 11. The van der Waals surface area contributed by atoms with E-state index >= 15 is 0 Å². The Morgan fingerprint density at radius 3 is 1.42 bits per heavy atom. The van der Waals surface area contributed by atoms with Crippen molar-refractivity contribution in [2.45, 2.75) is 19.3 Å². The average molecular weight is 857 g/mol. The number of nitrogens with zero attached hydrogens (tertiary/aromatic N) is 2. The molecular formula is C65H48N2. The molecule has 0 amide bonds. The predicted molar refractivity (Wildman–Crippen MR) is 285 cm³/mol. The number of rotatable bonds is 9. The SMILES string of the molecule is CC1(C)c2ccccc2-c2ccc(-c3ccc4c(ccc5cc(N(c6ccccc6)c6cccc(-c7ccccc7)c6)cc(N(c6ccccc6)c6cccc(-c7ccccc7)c6)c54)c3)cc21. The van der Waals surface area contributed by atoms with Gasteiger partial charge in [-0.25, -0.2) is 0 Å². The minimum absolute atomic E-state index is 0.0726. The Morgan fingerprint density at radius 2 is 0.761 bits per heavy atom. The Kier molecular flexibility index (Phi) is 9.88. The molecule has 1 aliphatic carbocycles. The van der Waals surface area contributed by atoms with Crippen LogP contribution in [0.25, 0.3) is 66.1 Å². The lowest BCUT2D eigenvalue weighted by Crippen LogP contribution is -2.14. The smallest absolute Gasteiger partial charge is 0.0567 e. The van der Waals surface area contributed by atoms with Gasteiger partial charge in [-0.1, -0.05) is 196 Å². The maximum absolute atomic E-state index is 2.45. The van der Waals surface area contributed by atoms with Gasteiger partial charge in [-0.2, -0.15) is 0 Å². The zero-order chi connectivity index (χ0) is 44.9. The first-order valence-corrected chi connectivity index (χ1v) is 23.2. The second-order valence-electron chi connectivity index (χ2n) is 18.2. The summed E-state index contributed by atoms with van der Waals surface area (Å²) in [5.74, 6) is 0. The van der Waals surface area contributed by atoms with Gasteiger partial charge in [-0.15, -0.1) is 0 Å². The normalized spacial score (nSPS) is 12.4. The van der Waals surface area contributed by atoms with Crippen LogP contribution in [0.1, 0.15) is 25.0 Å². The number of hydrogen-bond acceptors (Lipinski definition) is 2. The summed E-state index contributed by atoms with van der Waals surface area (Å²) in [4.78, 5) is 4.86. The molecule has 2 nitrogen and oxygen atoms in total. The third kappa shape index (κ3) is 7.15. The van der Waals surface area contributed by atoms with Gasteiger partial charge >= 0.3 is 0 Å². The van der Waals surface area contributed by atoms with Crippen LogP contribution in [0.4, 0.5) is 34.1 Å². The second kappa shape index (κ2) is 16.5. The maximum Gasteiger partial charge on any atom is 0.0567 e. The Balaban J connectivity index is 1.09. The van der Waals surface area contributed by atoms with E-state index in [0.717, 1.165) is 39.5 Å². The molecule has 1 aliphatic rings. The van der Waals surface area contributed by atoms with Crippen LogP contribution in [0.3, 0.4) is 0 Å². The highest BCUT2D eigenvalue weighted by atomic mass is 15.2. The molecule has 318 valence electrons. The molecule has 0 atom stereocenters. The highest BCUT2D eigenvalue weighted by molar-refractivity contribution is 6.17. The molecular weight excluding hydrogens is 809 g/mol. The Labute approximate surface area is 393 Å². The van der Waals surface area contributed by atoms with Crippen LogP contribution in [0.5, 0.6) is 0 Å². The van der Waals surface area contributed by atoms with E-state index in [2.05, 4.69) is 278 Å². The summed E-state index contributed by atoms with van der Waals surface area (Å²) in [6.45, 7) is 4.72. The molecule has 0 aromatic heterocycles. The Morgan fingerprint density at radius 1 is 0.284 bits per heavy atom. The minimum Gasteiger partial charge on any atom is -0.310 e. The molecule has 0 aliphatic heterocycles. The number of para-hydroxylation sites is 2. The number of fused-ring (bicyclic) bond motifs is 6. The van der Waals surface area contributed by atoms with E-state index in [1.165, 1.54) is 71.8 Å². The third-order valence-electron chi connectivity index (χ3n) is 13.8. The van der Waals surface area contributed by atoms with E-state index in [1.54, 1.807) is 0 Å². The highest BCUT2D eigenvalue weighted by Crippen LogP contribution is 2.51. The quantitative estimate of drug-likeness (QED) is 0.133. The van der Waals surface area contributed by atoms with E-state index in [1.807, 2.05) is 0 Å². The molecule has 0 heterocycles. The van der Waals surface area contributed by atoms with Crippen molar-refractivity contribution in [3.8, 4) is 44.5 Å². The van der Waals surface area contributed by atoms with Crippen LogP contribution in [0.2, 0.25) is 0 Å². The van der Waals surface area contributed by atoms with Gasteiger partial charge in [0.15, 0.2) is 0 Å². The van der Waals surface area contributed by atoms with Crippen molar-refractivity contribution in [1.82, 2.24) is 0 Å². The van der Waals surface area contributed by atoms with Crippen molar-refractivity contribution in [3.63, 3.8) is 0 Å². The first-order valence-electron chi connectivity index (χ1n) is 23.2. The molecule has 0 saturated heterocycles. The molecule has 0 N–H and O–H groups in total. The predicted octanol–water partition coefficient (Wildman–Crippen LogP) is 18.2. The summed E-state index contributed by atoms with van der Waals surface area (Å²) >= 11 is 0. The fraction of sp³-hybridized carbons (Fsp3) is 0.0462. The molecule has 12 rings (SSSR count). The maximum atomic E-state index is 2.45. The first-order chi connectivity index (χ1) is 33.0. The first kappa shape index (κ1) is 40.1. The molecule has 0 saturated carbocycles. The zero-order valence-corrected chi connectivity index (χ0v) is 37.6. The summed E-state index contributed by atoms with van der Waals surface area (Å²) in [5, 5.41) is 4.75. The van der Waals surface area contributed by atoms with Crippen molar-refractivity contribution in [3.05, 3.63) is 266 Å². The summed E-state index contributed by atoms with van der Waals surface area (Å²) in [6, 6.07) is 93.2. The topological polar surface area (TPSA) is 6.48 Å². The minimum atomic E-state index is -0.0726. The lowest BCUT2D eigenvalue weighted by atomic mass is 9.81.